The van der Waals surface area contributed by atoms with E-state index in [2.05, 4.69) is 0 Å². The van der Waals surface area contributed by atoms with Gasteiger partial charge in [0.05, 0.1) is 0 Å². The van der Waals surface area contributed by atoms with Crippen LogP contribution < -0.4 is 10.5 Å². The summed E-state index contributed by atoms with van der Waals surface area (Å²) >= 11 is 0. The molecule has 2 aromatic carbocycles. The summed E-state index contributed by atoms with van der Waals surface area (Å²) in [4.78, 5) is 0. The highest BCUT2D eigenvalue weighted by Crippen LogP contribution is 2.27. The van der Waals surface area contributed by atoms with Crippen molar-refractivity contribution < 1.29 is 9.13 Å². The Balaban J connectivity index is 2.29. The van der Waals surface area contributed by atoms with Crippen molar-refractivity contribution in [3.63, 3.8) is 0 Å². The third-order valence-corrected chi connectivity index (χ3v) is 2.95. The van der Waals surface area contributed by atoms with Gasteiger partial charge < -0.3 is 10.5 Å². The Hall–Kier alpha value is -1.87. The van der Waals surface area contributed by atoms with Crippen molar-refractivity contribution in [2.45, 2.75) is 26.0 Å². The van der Waals surface area contributed by atoms with Gasteiger partial charge in [-0.1, -0.05) is 36.4 Å². The summed E-state index contributed by atoms with van der Waals surface area (Å²) in [5, 5.41) is 0. The number of ether oxygens (including phenoxy) is 1. The quantitative estimate of drug-likeness (QED) is 0.910. The Kier molecular flexibility index (Phi) is 4.17. The van der Waals surface area contributed by atoms with Gasteiger partial charge in [0.15, 0.2) is 11.6 Å². The molecule has 2 nitrogen and oxygen atoms in total. The molecule has 0 heterocycles. The van der Waals surface area contributed by atoms with E-state index in [-0.39, 0.29) is 23.7 Å². The molecule has 100 valence electrons. The Bertz CT molecular complexity index is 540. The fraction of sp³-hybridized carbons (Fsp3) is 0.250. The molecule has 0 aliphatic rings. The van der Waals surface area contributed by atoms with E-state index in [1.807, 2.05) is 44.2 Å². The van der Waals surface area contributed by atoms with Crippen LogP contribution in [0.5, 0.6) is 5.75 Å². The summed E-state index contributed by atoms with van der Waals surface area (Å²) in [5.41, 5.74) is 7.85. The van der Waals surface area contributed by atoms with Crippen molar-refractivity contribution in [3.05, 3.63) is 65.5 Å². The molecule has 0 radical (unpaired) electrons. The number of hydrogen-bond donors (Lipinski definition) is 1. The minimum absolute atomic E-state index is 0.234. The second-order valence-corrected chi connectivity index (χ2v) is 4.74. The van der Waals surface area contributed by atoms with E-state index < -0.39 is 0 Å². The molecule has 0 amide bonds. The normalized spacial score (nSPS) is 13.9. The maximum atomic E-state index is 13.7. The third kappa shape index (κ3) is 3.32. The summed E-state index contributed by atoms with van der Waals surface area (Å²) in [6.07, 6.45) is -0.363. The van der Waals surface area contributed by atoms with Gasteiger partial charge in [0.25, 0.3) is 0 Å². The summed E-state index contributed by atoms with van der Waals surface area (Å²) in [5.74, 6) is -0.127. The number of aryl methyl sites for hydroxylation is 1. The lowest BCUT2D eigenvalue weighted by Gasteiger charge is -2.23. The molecule has 0 saturated carbocycles. The molecule has 19 heavy (non-hydrogen) atoms. The Morgan fingerprint density at radius 2 is 1.79 bits per heavy atom. The van der Waals surface area contributed by atoms with Gasteiger partial charge >= 0.3 is 0 Å². The molecule has 0 spiro atoms. The monoisotopic (exact) mass is 259 g/mol. The molecule has 2 aromatic rings. The van der Waals surface area contributed by atoms with Crippen LogP contribution >= 0.6 is 0 Å². The molecule has 0 aliphatic heterocycles. The highest BCUT2D eigenvalue weighted by atomic mass is 19.1. The first kappa shape index (κ1) is 13.6. The smallest absolute Gasteiger partial charge is 0.165 e. The largest absolute Gasteiger partial charge is 0.481 e. The highest BCUT2D eigenvalue weighted by molar-refractivity contribution is 5.31. The van der Waals surface area contributed by atoms with Gasteiger partial charge in [0.1, 0.15) is 6.10 Å². The van der Waals surface area contributed by atoms with Gasteiger partial charge in [0, 0.05) is 6.04 Å². The van der Waals surface area contributed by atoms with Crippen LogP contribution in [0.3, 0.4) is 0 Å². The van der Waals surface area contributed by atoms with Gasteiger partial charge in [-0.15, -0.1) is 0 Å². The van der Waals surface area contributed by atoms with E-state index in [0.717, 1.165) is 11.1 Å². The molecule has 0 aromatic heterocycles. The maximum absolute atomic E-state index is 13.7. The topological polar surface area (TPSA) is 35.2 Å². The highest BCUT2D eigenvalue weighted by Gasteiger charge is 2.19. The zero-order chi connectivity index (χ0) is 13.8. The van der Waals surface area contributed by atoms with Gasteiger partial charge in [-0.25, -0.2) is 4.39 Å². The minimum atomic E-state index is -0.368. The SMILES string of the molecule is Cc1ccc(F)c(OC(c2ccccc2)C(C)N)c1. The summed E-state index contributed by atoms with van der Waals surface area (Å²) < 4.78 is 19.5. The van der Waals surface area contributed by atoms with Crippen LogP contribution in [0.25, 0.3) is 0 Å². The van der Waals surface area contributed by atoms with Crippen LogP contribution in [0.1, 0.15) is 24.2 Å². The summed E-state index contributed by atoms with van der Waals surface area (Å²) in [7, 11) is 0. The molecule has 0 bridgehead atoms. The first-order valence-corrected chi connectivity index (χ1v) is 6.31. The van der Waals surface area contributed by atoms with Crippen molar-refractivity contribution in [3.8, 4) is 5.75 Å². The van der Waals surface area contributed by atoms with Crippen LogP contribution in [0.2, 0.25) is 0 Å². The minimum Gasteiger partial charge on any atom is -0.481 e. The van der Waals surface area contributed by atoms with E-state index in [4.69, 9.17) is 10.5 Å². The van der Waals surface area contributed by atoms with Crippen molar-refractivity contribution in [1.82, 2.24) is 0 Å². The zero-order valence-electron chi connectivity index (χ0n) is 11.1. The summed E-state index contributed by atoms with van der Waals surface area (Å²) in [6.45, 7) is 3.75. The zero-order valence-corrected chi connectivity index (χ0v) is 11.1. The van der Waals surface area contributed by atoms with Gasteiger partial charge in [-0.05, 0) is 37.1 Å². The van der Waals surface area contributed by atoms with Crippen LogP contribution in [0, 0.1) is 12.7 Å². The van der Waals surface area contributed by atoms with Crippen molar-refractivity contribution in [2.24, 2.45) is 5.73 Å². The lowest BCUT2D eigenvalue weighted by atomic mass is 10.0. The Labute approximate surface area is 113 Å². The first-order valence-electron chi connectivity index (χ1n) is 6.31. The number of halogens is 1. The maximum Gasteiger partial charge on any atom is 0.165 e. The second kappa shape index (κ2) is 5.85. The predicted molar refractivity (Wildman–Crippen MR) is 74.6 cm³/mol. The molecule has 2 rings (SSSR count). The predicted octanol–water partition coefficient (Wildman–Crippen LogP) is 3.60. The van der Waals surface area contributed by atoms with Crippen LogP contribution in [0.4, 0.5) is 4.39 Å². The van der Waals surface area contributed by atoms with E-state index in [0.29, 0.717) is 0 Å². The lowest BCUT2D eigenvalue weighted by molar-refractivity contribution is 0.172. The third-order valence-electron chi connectivity index (χ3n) is 2.95. The fourth-order valence-corrected chi connectivity index (χ4v) is 1.96. The number of hydrogen-bond acceptors (Lipinski definition) is 2. The lowest BCUT2D eigenvalue weighted by Crippen LogP contribution is -2.29. The van der Waals surface area contributed by atoms with Gasteiger partial charge in [-0.3, -0.25) is 0 Å². The first-order chi connectivity index (χ1) is 9.08. The van der Waals surface area contributed by atoms with E-state index in [1.54, 1.807) is 12.1 Å². The van der Waals surface area contributed by atoms with Gasteiger partial charge in [0.2, 0.25) is 0 Å². The van der Waals surface area contributed by atoms with Crippen LogP contribution in [-0.4, -0.2) is 6.04 Å². The molecule has 0 fully saturated rings. The number of benzene rings is 2. The molecular weight excluding hydrogens is 241 g/mol. The van der Waals surface area contributed by atoms with E-state index >= 15 is 0 Å². The summed E-state index contributed by atoms with van der Waals surface area (Å²) in [6, 6.07) is 14.2. The molecule has 2 N–H and O–H groups in total. The number of rotatable bonds is 4. The van der Waals surface area contributed by atoms with Crippen molar-refractivity contribution in [1.29, 1.82) is 0 Å². The Morgan fingerprint density at radius 3 is 2.42 bits per heavy atom. The fourth-order valence-electron chi connectivity index (χ4n) is 1.96. The Morgan fingerprint density at radius 1 is 1.11 bits per heavy atom. The average Bonchev–Trinajstić information content (AvgIpc) is 2.40. The molecule has 2 atom stereocenters. The molecular formula is C16H18FNO. The van der Waals surface area contributed by atoms with Crippen LogP contribution in [0.15, 0.2) is 48.5 Å². The van der Waals surface area contributed by atoms with Crippen LogP contribution in [-0.2, 0) is 0 Å². The molecule has 3 heteroatoms. The molecule has 0 saturated heterocycles. The van der Waals surface area contributed by atoms with Gasteiger partial charge in [-0.2, -0.15) is 0 Å². The van der Waals surface area contributed by atoms with E-state index in [1.165, 1.54) is 6.07 Å². The van der Waals surface area contributed by atoms with E-state index in [9.17, 15) is 4.39 Å². The second-order valence-electron chi connectivity index (χ2n) is 4.74. The van der Waals surface area contributed by atoms with Crippen molar-refractivity contribution in [2.75, 3.05) is 0 Å². The van der Waals surface area contributed by atoms with Crippen molar-refractivity contribution >= 4 is 0 Å². The standard InChI is InChI=1S/C16H18FNO/c1-11-8-9-14(17)15(10-11)19-16(12(2)18)13-6-4-3-5-7-13/h3-10,12,16H,18H2,1-2H3. The molecule has 0 aliphatic carbocycles. The molecule has 2 unspecified atom stereocenters. The average molecular weight is 259 g/mol. The number of nitrogens with two attached hydrogens (primary N) is 1.